The molecule has 0 aromatic rings. The summed E-state index contributed by atoms with van der Waals surface area (Å²) >= 11 is 0. The zero-order chi connectivity index (χ0) is 9.00. The van der Waals surface area contributed by atoms with Crippen molar-refractivity contribution in [1.82, 2.24) is 0 Å². The number of rotatable bonds is 0. The van der Waals surface area contributed by atoms with Crippen molar-refractivity contribution in [3.05, 3.63) is 0 Å². The molecule has 0 aliphatic rings. The van der Waals surface area contributed by atoms with Crippen molar-refractivity contribution in [1.29, 1.82) is 0 Å². The van der Waals surface area contributed by atoms with Crippen LogP contribution in [0.15, 0.2) is 0 Å². The maximum Gasteiger partial charge on any atom is 1.00 e. The van der Waals surface area contributed by atoms with E-state index in [1.165, 1.54) is 0 Å². The molecule has 0 fully saturated rings. The first-order valence-electron chi connectivity index (χ1n) is 2.66. The van der Waals surface area contributed by atoms with Crippen LogP contribution < -0.4 is 0 Å². The molecule has 0 N–H and O–H groups in total. The molecule has 6 heteroatoms. The van der Waals surface area contributed by atoms with E-state index in [0.29, 0.717) is 0 Å². The Labute approximate surface area is 59.8 Å². The summed E-state index contributed by atoms with van der Waals surface area (Å²) in [4.78, 5) is 0. The van der Waals surface area contributed by atoms with Crippen LogP contribution in [0.2, 0.25) is 0 Å². The van der Waals surface area contributed by atoms with Crippen LogP contribution in [0.25, 0.3) is 0 Å². The highest BCUT2D eigenvalue weighted by Gasteiger charge is 2.20. The van der Waals surface area contributed by atoms with E-state index in [0.717, 1.165) is 4.48 Å². The summed E-state index contributed by atoms with van der Waals surface area (Å²) in [5.74, 6) is 0. The highest BCUT2D eigenvalue weighted by atomic mass is 19.5. The standard InChI is InChI=1S/C4H12N.BF4/c1-5(2,3)4;2-1(3,4)5/h1-4H3;/q+1;-1/p+1. The van der Waals surface area contributed by atoms with Gasteiger partial charge in [-0.25, -0.2) is 0 Å². The Bertz CT molecular complexity index is 65.1. The van der Waals surface area contributed by atoms with Crippen LogP contribution in [0.5, 0.6) is 0 Å². The van der Waals surface area contributed by atoms with Gasteiger partial charge in [-0.2, -0.15) is 0 Å². The van der Waals surface area contributed by atoms with Gasteiger partial charge in [-0.1, -0.05) is 0 Å². The first-order valence-corrected chi connectivity index (χ1v) is 2.66. The maximum atomic E-state index is 9.75. The summed E-state index contributed by atoms with van der Waals surface area (Å²) in [5.41, 5.74) is 0. The van der Waals surface area contributed by atoms with E-state index in [9.17, 15) is 17.3 Å². The third kappa shape index (κ3) is 5420. The first-order chi connectivity index (χ1) is 4.00. The minimum absolute atomic E-state index is 0. The molecule has 0 aliphatic carbocycles. The summed E-state index contributed by atoms with van der Waals surface area (Å²) in [7, 11) is 2.50. The van der Waals surface area contributed by atoms with Gasteiger partial charge >= 0.3 is 8.68 Å². The highest BCUT2D eigenvalue weighted by Crippen LogP contribution is 2.06. The molecule has 0 radical (unpaired) electrons. The Morgan fingerprint density at radius 3 is 0.900 bits per heavy atom. The molecular formula is C4H13BF4N+. The van der Waals surface area contributed by atoms with Crippen molar-refractivity contribution in [3.63, 3.8) is 0 Å². The lowest BCUT2D eigenvalue weighted by atomic mass is 10.3. The third-order valence-electron chi connectivity index (χ3n) is 0. The molecule has 0 saturated heterocycles. The highest BCUT2D eigenvalue weighted by molar-refractivity contribution is 6.50. The Hall–Kier alpha value is -0.255. The maximum absolute atomic E-state index is 9.75. The lowest BCUT2D eigenvalue weighted by molar-refractivity contribution is -0.849. The smallest absolute Gasteiger partial charge is 0.418 e. The van der Waals surface area contributed by atoms with Gasteiger partial charge in [-0.3, -0.25) is 0 Å². The van der Waals surface area contributed by atoms with Crippen molar-refractivity contribution < 1.29 is 23.2 Å². The average Bonchev–Trinajstić information content (AvgIpc) is 1.12. The van der Waals surface area contributed by atoms with Gasteiger partial charge in [0, 0.05) is 0 Å². The van der Waals surface area contributed by atoms with E-state index in [2.05, 4.69) is 28.2 Å². The minimum atomic E-state index is -6.00. The van der Waals surface area contributed by atoms with Gasteiger partial charge in [0.15, 0.2) is 0 Å². The first kappa shape index (κ1) is 12.4. The molecule has 10 heavy (non-hydrogen) atoms. The Morgan fingerprint density at radius 1 is 0.900 bits per heavy atom. The van der Waals surface area contributed by atoms with Crippen LogP contribution in [-0.4, -0.2) is 39.9 Å². The predicted molar refractivity (Wildman–Crippen MR) is 35.3 cm³/mol. The summed E-state index contributed by atoms with van der Waals surface area (Å²) in [6.45, 7) is 0. The lowest BCUT2D eigenvalue weighted by Crippen LogP contribution is -2.27. The van der Waals surface area contributed by atoms with E-state index in [1.807, 2.05) is 0 Å². The molecule has 0 heterocycles. The summed E-state index contributed by atoms with van der Waals surface area (Å²) in [5, 5.41) is 0. The zero-order valence-electron chi connectivity index (χ0n) is 7.54. The minimum Gasteiger partial charge on any atom is -0.418 e. The van der Waals surface area contributed by atoms with E-state index < -0.39 is 7.25 Å². The van der Waals surface area contributed by atoms with Gasteiger partial charge in [0.2, 0.25) is 0 Å². The molecule has 0 unspecified atom stereocenters. The lowest BCUT2D eigenvalue weighted by Gasteiger charge is -2.14. The molecule has 0 aromatic carbocycles. The molecule has 1 nitrogen and oxygen atoms in total. The molecule has 0 bridgehead atoms. The van der Waals surface area contributed by atoms with Gasteiger partial charge in [0.1, 0.15) is 0 Å². The van der Waals surface area contributed by atoms with Crippen LogP contribution in [0, 0.1) is 0 Å². The van der Waals surface area contributed by atoms with E-state index in [-0.39, 0.29) is 1.43 Å². The van der Waals surface area contributed by atoms with Crippen LogP contribution in [0.3, 0.4) is 0 Å². The van der Waals surface area contributed by atoms with E-state index in [4.69, 9.17) is 0 Å². The van der Waals surface area contributed by atoms with Crippen molar-refractivity contribution in [2.24, 2.45) is 0 Å². The van der Waals surface area contributed by atoms with Crippen molar-refractivity contribution >= 4 is 7.25 Å². The average molecular weight is 162 g/mol. The van der Waals surface area contributed by atoms with Gasteiger partial charge in [-0.05, 0) is 0 Å². The Balaban J connectivity index is -0.000000107. The fourth-order valence-corrected chi connectivity index (χ4v) is 0. The summed E-state index contributed by atoms with van der Waals surface area (Å²) < 4.78 is 40.0. The fourth-order valence-electron chi connectivity index (χ4n) is 0. The third-order valence-corrected chi connectivity index (χ3v) is 0. The van der Waals surface area contributed by atoms with Gasteiger partial charge in [0.05, 0.1) is 28.2 Å². The molecule has 0 saturated carbocycles. The van der Waals surface area contributed by atoms with Crippen LogP contribution in [-0.2, 0) is 0 Å². The van der Waals surface area contributed by atoms with E-state index in [1.54, 1.807) is 0 Å². The van der Waals surface area contributed by atoms with Crippen LogP contribution in [0.1, 0.15) is 1.43 Å². The van der Waals surface area contributed by atoms with Gasteiger partial charge < -0.3 is 21.7 Å². The second-order valence-electron chi connectivity index (χ2n) is 3.18. The number of nitrogens with zero attached hydrogens (tertiary/aromatic N) is 1. The SMILES string of the molecule is C[N+](C)(C)C.F[B-](F)(F)F.[H+]. The summed E-state index contributed by atoms with van der Waals surface area (Å²) in [6, 6.07) is 0. The monoisotopic (exact) mass is 162 g/mol. The predicted octanol–water partition coefficient (Wildman–Crippen LogP) is 1.73. The Morgan fingerprint density at radius 2 is 0.900 bits per heavy atom. The normalized spacial score (nSPS) is 12.0. The van der Waals surface area contributed by atoms with Gasteiger partial charge in [0.25, 0.3) is 0 Å². The van der Waals surface area contributed by atoms with Crippen molar-refractivity contribution in [2.45, 2.75) is 0 Å². The van der Waals surface area contributed by atoms with Crippen molar-refractivity contribution in [2.75, 3.05) is 28.2 Å². The second-order valence-corrected chi connectivity index (χ2v) is 3.18. The number of halogens is 4. The molecule has 0 amide bonds. The quantitative estimate of drug-likeness (QED) is 0.289. The molecule has 0 atom stereocenters. The second kappa shape index (κ2) is 3.80. The summed E-state index contributed by atoms with van der Waals surface area (Å²) in [6.07, 6.45) is 0. The molecule has 0 spiro atoms. The largest absolute Gasteiger partial charge is 1.00 e. The van der Waals surface area contributed by atoms with E-state index >= 15 is 0 Å². The Kier molecular flexibility index (Phi) is 4.72. The topological polar surface area (TPSA) is 0 Å². The molecular weight excluding hydrogens is 149 g/mol. The number of hydrogen-bond donors (Lipinski definition) is 0. The fraction of sp³-hybridized carbons (Fsp3) is 1.00. The molecule has 0 aliphatic heterocycles. The zero-order valence-corrected chi connectivity index (χ0v) is 6.54. The number of hydrogen-bond acceptors (Lipinski definition) is 0. The molecule has 0 aromatic heterocycles. The molecule has 64 valence electrons. The van der Waals surface area contributed by atoms with Crippen LogP contribution in [0.4, 0.5) is 17.3 Å². The van der Waals surface area contributed by atoms with Gasteiger partial charge in [-0.15, -0.1) is 0 Å². The van der Waals surface area contributed by atoms with Crippen molar-refractivity contribution in [3.8, 4) is 0 Å². The number of quaternary nitrogens is 1. The molecule has 0 rings (SSSR count). The van der Waals surface area contributed by atoms with Crippen LogP contribution >= 0.6 is 0 Å².